The normalized spacial score (nSPS) is 23.1. The van der Waals surface area contributed by atoms with Gasteiger partial charge >= 0.3 is 0 Å². The Balaban J connectivity index is 1.31. The number of hydrogen-bond donors (Lipinski definition) is 0. The number of allylic oxidation sites excluding steroid dienone is 3. The zero-order valence-corrected chi connectivity index (χ0v) is 29.7. The van der Waals surface area contributed by atoms with Gasteiger partial charge in [0.05, 0.1) is 23.5 Å². The first-order valence-corrected chi connectivity index (χ1v) is 18.4. The van der Waals surface area contributed by atoms with Crippen molar-refractivity contribution in [3.05, 3.63) is 94.8 Å². The molecule has 2 aliphatic heterocycles. The van der Waals surface area contributed by atoms with Crippen molar-refractivity contribution in [2.75, 3.05) is 31.6 Å². The van der Waals surface area contributed by atoms with Crippen LogP contribution in [0.1, 0.15) is 64.3 Å². The zero-order valence-electron chi connectivity index (χ0n) is 28.9. The number of fused-ring (bicyclic) bond motifs is 2. The maximum Gasteiger partial charge on any atom is 0.263 e. The molecule has 0 N–H and O–H groups in total. The topological polar surface area (TPSA) is 93.4 Å². The van der Waals surface area contributed by atoms with E-state index < -0.39 is 14.8 Å². The second kappa shape index (κ2) is 12.2. The lowest BCUT2D eigenvalue weighted by atomic mass is 9.81. The van der Waals surface area contributed by atoms with E-state index >= 15 is 0 Å². The summed E-state index contributed by atoms with van der Waals surface area (Å²) < 4.78 is 34.4. The largest absolute Gasteiger partial charge is 0.381 e. The van der Waals surface area contributed by atoms with Crippen molar-refractivity contribution in [2.24, 2.45) is 5.41 Å². The molecule has 4 aromatic rings. The molecule has 0 spiro atoms. The fourth-order valence-corrected chi connectivity index (χ4v) is 9.84. The Morgan fingerprint density at radius 2 is 1.79 bits per heavy atom. The molecular weight excluding hydrogens is 621 g/mol. The van der Waals surface area contributed by atoms with Crippen molar-refractivity contribution in [3.8, 4) is 11.4 Å². The molecule has 1 aliphatic carbocycles. The van der Waals surface area contributed by atoms with Gasteiger partial charge in [-0.25, -0.2) is 18.4 Å². The highest BCUT2D eigenvalue weighted by Gasteiger charge is 2.42. The van der Waals surface area contributed by atoms with Crippen LogP contribution in [0.2, 0.25) is 0 Å². The predicted molar refractivity (Wildman–Crippen MR) is 191 cm³/mol. The Labute approximate surface area is 284 Å². The maximum atomic E-state index is 14.2. The summed E-state index contributed by atoms with van der Waals surface area (Å²) in [4.78, 5) is 15.4. The summed E-state index contributed by atoms with van der Waals surface area (Å²) in [6.07, 6.45) is 7.86. The van der Waals surface area contributed by atoms with E-state index in [9.17, 15) is 8.42 Å². The SMILES string of the molecule is CO[C@@H]1CCN(c2nc(-c3cccc4c3cnn4S(=O)(=O)C3(C)C=C(C)C=C(C)C3)nc3c2CN(Cc2ccccc2)CC3)CC1(C)C. The Kier molecular flexibility index (Phi) is 8.33. The number of anilines is 1. The minimum atomic E-state index is -3.88. The molecule has 4 heterocycles. The van der Waals surface area contributed by atoms with Crippen molar-refractivity contribution >= 4 is 26.7 Å². The molecule has 7 rings (SSSR count). The summed E-state index contributed by atoms with van der Waals surface area (Å²) in [7, 11) is -2.08. The smallest absolute Gasteiger partial charge is 0.263 e. The van der Waals surface area contributed by atoms with Gasteiger partial charge in [-0.3, -0.25) is 4.90 Å². The van der Waals surface area contributed by atoms with Gasteiger partial charge in [-0.2, -0.15) is 9.19 Å². The molecule has 0 radical (unpaired) electrons. The first-order valence-electron chi connectivity index (χ1n) is 16.9. The van der Waals surface area contributed by atoms with Gasteiger partial charge < -0.3 is 9.64 Å². The average Bonchev–Trinajstić information content (AvgIpc) is 3.49. The van der Waals surface area contributed by atoms with Crippen LogP contribution in [0.15, 0.2) is 78.0 Å². The van der Waals surface area contributed by atoms with Crippen LogP contribution in [0.5, 0.6) is 0 Å². The minimum absolute atomic E-state index is 0.0610. The number of rotatable bonds is 7. The molecule has 9 nitrogen and oxygen atoms in total. The molecule has 0 saturated carbocycles. The number of benzene rings is 2. The Hall–Kier alpha value is -3.86. The van der Waals surface area contributed by atoms with Crippen LogP contribution in [0.3, 0.4) is 0 Å². The van der Waals surface area contributed by atoms with Crippen LogP contribution in [0.25, 0.3) is 22.3 Å². The molecule has 48 heavy (non-hydrogen) atoms. The van der Waals surface area contributed by atoms with Crippen LogP contribution >= 0.6 is 0 Å². The third kappa shape index (κ3) is 5.77. The number of ether oxygens (including phenoxy) is 1. The van der Waals surface area contributed by atoms with Gasteiger partial charge in [0.1, 0.15) is 10.6 Å². The number of methoxy groups -OCH3 is 1. The lowest BCUT2D eigenvalue weighted by molar-refractivity contribution is -0.00650. The Morgan fingerprint density at radius 1 is 1.00 bits per heavy atom. The molecule has 10 heteroatoms. The summed E-state index contributed by atoms with van der Waals surface area (Å²) in [5.74, 6) is 1.57. The van der Waals surface area contributed by atoms with Crippen LogP contribution in [0.4, 0.5) is 5.82 Å². The lowest BCUT2D eigenvalue weighted by Crippen LogP contribution is -2.50. The molecule has 3 aliphatic rings. The molecule has 252 valence electrons. The van der Waals surface area contributed by atoms with Crippen LogP contribution < -0.4 is 4.90 Å². The Bertz CT molecular complexity index is 2030. The quantitative estimate of drug-likeness (QED) is 0.220. The van der Waals surface area contributed by atoms with Crippen molar-refractivity contribution in [1.29, 1.82) is 0 Å². The average molecular weight is 667 g/mol. The molecule has 1 fully saturated rings. The third-order valence-electron chi connectivity index (χ3n) is 10.4. The van der Waals surface area contributed by atoms with E-state index in [4.69, 9.17) is 14.7 Å². The maximum absolute atomic E-state index is 14.2. The number of hydrogen-bond acceptors (Lipinski definition) is 8. The number of aromatic nitrogens is 4. The predicted octanol–water partition coefficient (Wildman–Crippen LogP) is 6.54. The highest BCUT2D eigenvalue weighted by atomic mass is 32.2. The third-order valence-corrected chi connectivity index (χ3v) is 12.5. The minimum Gasteiger partial charge on any atom is -0.381 e. The van der Waals surface area contributed by atoms with E-state index in [1.165, 1.54) is 15.2 Å². The van der Waals surface area contributed by atoms with Crippen molar-refractivity contribution in [2.45, 2.75) is 77.8 Å². The molecule has 0 amide bonds. The monoisotopic (exact) mass is 666 g/mol. The fourth-order valence-electron chi connectivity index (χ4n) is 8.11. The van der Waals surface area contributed by atoms with Gasteiger partial charge in [0.2, 0.25) is 0 Å². The second-order valence-corrected chi connectivity index (χ2v) is 17.0. The van der Waals surface area contributed by atoms with Gasteiger partial charge in [-0.15, -0.1) is 0 Å². The van der Waals surface area contributed by atoms with E-state index in [-0.39, 0.29) is 11.5 Å². The first-order chi connectivity index (χ1) is 22.9. The van der Waals surface area contributed by atoms with Gasteiger partial charge in [-0.05, 0) is 45.2 Å². The molecule has 2 aromatic carbocycles. The first kappa shape index (κ1) is 32.7. The van der Waals surface area contributed by atoms with Crippen LogP contribution in [-0.2, 0) is 34.3 Å². The van der Waals surface area contributed by atoms with Crippen molar-refractivity contribution in [3.63, 3.8) is 0 Å². The van der Waals surface area contributed by atoms with E-state index in [2.05, 4.69) is 59.1 Å². The second-order valence-electron chi connectivity index (χ2n) is 14.8. The fraction of sp³-hybridized carbons (Fsp3) is 0.447. The number of nitrogens with zero attached hydrogens (tertiary/aromatic N) is 6. The van der Waals surface area contributed by atoms with E-state index in [1.54, 1.807) is 20.2 Å². The number of piperidine rings is 1. The van der Waals surface area contributed by atoms with Gasteiger partial charge in [0.15, 0.2) is 5.82 Å². The summed E-state index contributed by atoms with van der Waals surface area (Å²) in [6, 6.07) is 16.3. The molecular formula is C38H46N6O3S. The highest BCUT2D eigenvalue weighted by molar-refractivity contribution is 7.91. The van der Waals surface area contributed by atoms with Crippen LogP contribution in [-0.4, -0.2) is 70.1 Å². The summed E-state index contributed by atoms with van der Waals surface area (Å²) in [5.41, 5.74) is 6.76. The zero-order chi connectivity index (χ0) is 33.8. The summed E-state index contributed by atoms with van der Waals surface area (Å²) in [5, 5.41) is 5.22. The molecule has 2 aromatic heterocycles. The molecule has 1 unspecified atom stereocenters. The van der Waals surface area contributed by atoms with E-state index in [0.29, 0.717) is 17.8 Å². The molecule has 0 bridgehead atoms. The summed E-state index contributed by atoms with van der Waals surface area (Å²) >= 11 is 0. The molecule has 1 saturated heterocycles. The van der Waals surface area contributed by atoms with E-state index in [1.807, 2.05) is 44.2 Å². The van der Waals surface area contributed by atoms with Crippen molar-refractivity contribution < 1.29 is 13.2 Å². The van der Waals surface area contributed by atoms with Crippen molar-refractivity contribution in [1.82, 2.24) is 24.1 Å². The van der Waals surface area contributed by atoms with Gasteiger partial charge in [0.25, 0.3) is 10.0 Å². The van der Waals surface area contributed by atoms with Gasteiger partial charge in [-0.1, -0.05) is 79.6 Å². The van der Waals surface area contributed by atoms with Crippen LogP contribution in [0, 0.1) is 5.41 Å². The molecule has 2 atom stereocenters. The van der Waals surface area contributed by atoms with E-state index in [0.717, 1.165) is 79.2 Å². The Morgan fingerprint density at radius 3 is 2.52 bits per heavy atom. The summed E-state index contributed by atoms with van der Waals surface area (Å²) in [6.45, 7) is 14.4. The lowest BCUT2D eigenvalue weighted by Gasteiger charge is -2.45. The highest BCUT2D eigenvalue weighted by Crippen LogP contribution is 2.39. The standard InChI is InChI=1S/C38H46N6O3S/c1-26-19-27(2)21-38(5,20-26)48(45,46)44-33-14-10-13-29(30(33)22-39-44)35-40-32-15-17-42(23-28-11-8-7-9-12-28)24-31(32)36(41-35)43-18-16-34(47-6)37(3,4)25-43/h7-14,19-20,22,34H,15-18,21,23-25H2,1-6H3/t34-,38?/m1/s1. The van der Waals surface area contributed by atoms with Gasteiger partial charge in [0, 0.05) is 68.2 Å².